The number of anilines is 2. The number of hydrogen-bond acceptors (Lipinski definition) is 5. The molecule has 1 fully saturated rings. The highest BCUT2D eigenvalue weighted by molar-refractivity contribution is 5.46. The molecule has 3 heterocycles. The highest BCUT2D eigenvalue weighted by atomic mass is 19.4. The molecule has 22 heavy (non-hydrogen) atoms. The van der Waals surface area contributed by atoms with E-state index in [1.807, 2.05) is 0 Å². The van der Waals surface area contributed by atoms with Gasteiger partial charge in [0, 0.05) is 19.6 Å². The zero-order valence-corrected chi connectivity index (χ0v) is 11.5. The van der Waals surface area contributed by atoms with Crippen molar-refractivity contribution < 1.29 is 22.3 Å². The van der Waals surface area contributed by atoms with E-state index in [4.69, 9.17) is 4.74 Å². The molecule has 0 aliphatic carbocycles. The number of ether oxygens (including phenoxy) is 1. The summed E-state index contributed by atoms with van der Waals surface area (Å²) in [5, 5.41) is 2.19. The third kappa shape index (κ3) is 2.62. The van der Waals surface area contributed by atoms with Crippen molar-refractivity contribution in [2.75, 3.05) is 36.5 Å². The second-order valence-electron chi connectivity index (χ2n) is 5.16. The summed E-state index contributed by atoms with van der Waals surface area (Å²) in [6, 6.07) is -1.79. The molecule has 0 aromatic carbocycles. The van der Waals surface area contributed by atoms with Crippen molar-refractivity contribution in [2.45, 2.75) is 25.2 Å². The molecule has 3 rings (SSSR count). The van der Waals surface area contributed by atoms with Crippen LogP contribution in [-0.4, -0.2) is 48.1 Å². The minimum absolute atomic E-state index is 0.224. The normalized spacial score (nSPS) is 22.2. The predicted molar refractivity (Wildman–Crippen MR) is 69.6 cm³/mol. The monoisotopic (exact) mass is 322 g/mol. The molecule has 1 aromatic heterocycles. The van der Waals surface area contributed by atoms with Gasteiger partial charge in [-0.05, 0) is 6.42 Å². The lowest BCUT2D eigenvalue weighted by atomic mass is 10.1. The van der Waals surface area contributed by atoms with Crippen molar-refractivity contribution in [2.24, 2.45) is 0 Å². The molecule has 2 aliphatic heterocycles. The Balaban J connectivity index is 1.98. The third-order valence-corrected chi connectivity index (χ3v) is 3.75. The van der Waals surface area contributed by atoms with E-state index in [2.05, 4.69) is 10.3 Å². The van der Waals surface area contributed by atoms with Gasteiger partial charge in [0.1, 0.15) is 6.04 Å². The number of alkyl halides is 3. The summed E-state index contributed by atoms with van der Waals surface area (Å²) in [7, 11) is 0. The summed E-state index contributed by atoms with van der Waals surface area (Å²) >= 11 is 0. The maximum Gasteiger partial charge on any atom is 0.408 e. The van der Waals surface area contributed by atoms with Crippen LogP contribution in [0.2, 0.25) is 0 Å². The van der Waals surface area contributed by atoms with E-state index in [0.29, 0.717) is 26.3 Å². The molecule has 0 amide bonds. The van der Waals surface area contributed by atoms with Crippen LogP contribution in [0.25, 0.3) is 0 Å². The van der Waals surface area contributed by atoms with Crippen LogP contribution in [0.4, 0.5) is 29.3 Å². The number of nitrogens with zero attached hydrogens (tertiary/aromatic N) is 3. The first-order chi connectivity index (χ1) is 10.4. The van der Waals surface area contributed by atoms with Gasteiger partial charge in [-0.2, -0.15) is 22.5 Å². The Hall–Kier alpha value is -1.84. The second kappa shape index (κ2) is 5.41. The van der Waals surface area contributed by atoms with Crippen molar-refractivity contribution >= 4 is 11.8 Å². The molecular formula is C12H14F4N4O2. The Morgan fingerprint density at radius 2 is 1.91 bits per heavy atom. The number of halogens is 4. The fraction of sp³-hybridized carbons (Fsp3) is 0.667. The van der Waals surface area contributed by atoms with Crippen LogP contribution in [0.15, 0.2) is 4.79 Å². The molecule has 0 saturated carbocycles. The molecule has 1 N–H and O–H groups in total. The summed E-state index contributed by atoms with van der Waals surface area (Å²) in [5.74, 6) is -1.52. The van der Waals surface area contributed by atoms with Gasteiger partial charge in [0.05, 0.1) is 13.2 Å². The average Bonchev–Trinajstić information content (AvgIpc) is 2.50. The summed E-state index contributed by atoms with van der Waals surface area (Å²) < 4.78 is 58.6. The molecule has 1 saturated heterocycles. The average molecular weight is 322 g/mol. The third-order valence-electron chi connectivity index (χ3n) is 3.75. The van der Waals surface area contributed by atoms with Gasteiger partial charge in [-0.15, -0.1) is 0 Å². The van der Waals surface area contributed by atoms with Crippen LogP contribution in [0, 0.1) is 5.82 Å². The van der Waals surface area contributed by atoms with E-state index in [0.717, 1.165) is 4.57 Å². The van der Waals surface area contributed by atoms with Crippen molar-refractivity contribution in [3.8, 4) is 0 Å². The van der Waals surface area contributed by atoms with Crippen LogP contribution in [0.5, 0.6) is 0 Å². The van der Waals surface area contributed by atoms with Gasteiger partial charge in [0.25, 0.3) is 5.56 Å². The van der Waals surface area contributed by atoms with E-state index in [-0.39, 0.29) is 24.7 Å². The number of fused-ring (bicyclic) bond motifs is 1. The molecule has 10 heteroatoms. The highest BCUT2D eigenvalue weighted by Gasteiger charge is 2.42. The van der Waals surface area contributed by atoms with Gasteiger partial charge in [-0.3, -0.25) is 9.36 Å². The lowest BCUT2D eigenvalue weighted by molar-refractivity contribution is -0.145. The van der Waals surface area contributed by atoms with Gasteiger partial charge in [-0.25, -0.2) is 0 Å². The number of morpholine rings is 1. The van der Waals surface area contributed by atoms with Gasteiger partial charge < -0.3 is 15.0 Å². The van der Waals surface area contributed by atoms with Crippen molar-refractivity contribution in [1.29, 1.82) is 0 Å². The fourth-order valence-electron chi connectivity index (χ4n) is 2.55. The van der Waals surface area contributed by atoms with Crippen molar-refractivity contribution in [3.63, 3.8) is 0 Å². The Morgan fingerprint density at radius 3 is 2.55 bits per heavy atom. The SMILES string of the molecule is O=c1c(F)c(N2CCOCC2)nc2n1CCC(C(F)(F)F)N2. The molecule has 0 bridgehead atoms. The van der Waals surface area contributed by atoms with Crippen LogP contribution in [0.1, 0.15) is 6.42 Å². The first kappa shape index (κ1) is 15.1. The van der Waals surface area contributed by atoms with Gasteiger partial charge >= 0.3 is 6.18 Å². The first-order valence-electron chi connectivity index (χ1n) is 6.84. The number of aromatic nitrogens is 2. The largest absolute Gasteiger partial charge is 0.408 e. The van der Waals surface area contributed by atoms with Crippen LogP contribution < -0.4 is 15.8 Å². The smallest absolute Gasteiger partial charge is 0.378 e. The number of hydrogen-bond donors (Lipinski definition) is 1. The summed E-state index contributed by atoms with van der Waals surface area (Å²) in [6.07, 6.45) is -4.79. The van der Waals surface area contributed by atoms with E-state index in [1.165, 1.54) is 4.90 Å². The molecule has 0 radical (unpaired) electrons. The summed E-state index contributed by atoms with van der Waals surface area (Å²) in [6.45, 7) is 1.12. The maximum absolute atomic E-state index is 14.2. The van der Waals surface area contributed by atoms with Crippen molar-refractivity contribution in [3.05, 3.63) is 16.2 Å². The minimum Gasteiger partial charge on any atom is -0.378 e. The number of nitrogens with one attached hydrogen (secondary N) is 1. The molecule has 1 unspecified atom stereocenters. The van der Waals surface area contributed by atoms with Gasteiger partial charge in [-0.1, -0.05) is 0 Å². The fourth-order valence-corrected chi connectivity index (χ4v) is 2.55. The molecule has 0 spiro atoms. The highest BCUT2D eigenvalue weighted by Crippen LogP contribution is 2.29. The van der Waals surface area contributed by atoms with Crippen molar-refractivity contribution in [1.82, 2.24) is 9.55 Å². The molecular weight excluding hydrogens is 308 g/mol. The topological polar surface area (TPSA) is 59.4 Å². The van der Waals surface area contributed by atoms with Crippen LogP contribution in [-0.2, 0) is 11.3 Å². The van der Waals surface area contributed by atoms with Gasteiger partial charge in [0.15, 0.2) is 5.82 Å². The Bertz CT molecular complexity index is 625. The molecule has 2 aliphatic rings. The first-order valence-corrected chi connectivity index (χ1v) is 6.84. The lowest BCUT2D eigenvalue weighted by Crippen LogP contribution is -2.46. The van der Waals surface area contributed by atoms with E-state index < -0.39 is 23.6 Å². The van der Waals surface area contributed by atoms with Crippen LogP contribution >= 0.6 is 0 Å². The van der Waals surface area contributed by atoms with Crippen LogP contribution in [0.3, 0.4) is 0 Å². The lowest BCUT2D eigenvalue weighted by Gasteiger charge is -2.32. The summed E-state index contributed by atoms with van der Waals surface area (Å²) in [5.41, 5.74) is -0.959. The standard InChI is InChI=1S/C12H14F4N4O2/c13-8-9(19-3-5-22-6-4-19)18-11-17-7(12(14,15)16)1-2-20(11)10(8)21/h7H,1-6H2,(H,17,18). The van der Waals surface area contributed by atoms with E-state index in [1.54, 1.807) is 0 Å². The quantitative estimate of drug-likeness (QED) is 0.781. The number of rotatable bonds is 1. The predicted octanol–water partition coefficient (Wildman–Crippen LogP) is 0.965. The molecule has 1 aromatic rings. The second-order valence-corrected chi connectivity index (χ2v) is 5.16. The Kier molecular flexibility index (Phi) is 3.71. The zero-order valence-electron chi connectivity index (χ0n) is 11.5. The van der Waals surface area contributed by atoms with E-state index >= 15 is 0 Å². The Morgan fingerprint density at radius 1 is 1.23 bits per heavy atom. The molecule has 6 nitrogen and oxygen atoms in total. The van der Waals surface area contributed by atoms with E-state index in [9.17, 15) is 22.4 Å². The minimum atomic E-state index is -4.45. The maximum atomic E-state index is 14.2. The molecule has 1 atom stereocenters. The molecule has 122 valence electrons. The summed E-state index contributed by atoms with van der Waals surface area (Å²) in [4.78, 5) is 17.4. The zero-order chi connectivity index (χ0) is 15.9. The Labute approximate surface area is 122 Å². The van der Waals surface area contributed by atoms with Gasteiger partial charge in [0.2, 0.25) is 11.8 Å².